The van der Waals surface area contributed by atoms with Crippen LogP contribution < -0.4 is 10.5 Å². The molecule has 3 N–H and O–H groups in total. The second-order valence-corrected chi connectivity index (χ2v) is 9.06. The highest BCUT2D eigenvalue weighted by atomic mass is 35.5. The smallest absolute Gasteiger partial charge is 0.236 e. The van der Waals surface area contributed by atoms with Crippen LogP contribution in [-0.2, 0) is 5.75 Å². The number of nitrogens with zero attached hydrogens (tertiary/aromatic N) is 4. The van der Waals surface area contributed by atoms with E-state index in [4.69, 9.17) is 49.8 Å². The van der Waals surface area contributed by atoms with Crippen molar-refractivity contribution >= 4 is 46.5 Å². The first-order valence-electron chi connectivity index (χ1n) is 10.4. The van der Waals surface area contributed by atoms with Gasteiger partial charge in [-0.05, 0) is 35.9 Å². The minimum atomic E-state index is -0.107. The zero-order valence-electron chi connectivity index (χ0n) is 18.5. The first-order valence-corrected chi connectivity index (χ1v) is 12.2. The van der Waals surface area contributed by atoms with E-state index in [0.717, 1.165) is 0 Å². The lowest BCUT2D eigenvalue weighted by molar-refractivity contribution is 0.201. The lowest BCUT2D eigenvalue weighted by atomic mass is 10.00. The van der Waals surface area contributed by atoms with E-state index in [-0.39, 0.29) is 30.3 Å². The van der Waals surface area contributed by atoms with Crippen LogP contribution in [0.15, 0.2) is 58.2 Å². The summed E-state index contributed by atoms with van der Waals surface area (Å²) in [5.74, 6) is 1.30. The Balaban J connectivity index is 1.63. The van der Waals surface area contributed by atoms with Crippen molar-refractivity contribution in [1.82, 2.24) is 9.97 Å². The molecule has 0 atom stereocenters. The van der Waals surface area contributed by atoms with Crippen molar-refractivity contribution in [3.8, 4) is 34.4 Å². The third-order valence-corrected chi connectivity index (χ3v) is 6.71. The maximum absolute atomic E-state index is 9.98. The van der Waals surface area contributed by atoms with E-state index in [2.05, 4.69) is 20.9 Å². The number of nitrogen functional groups attached to an aromatic ring is 1. The summed E-state index contributed by atoms with van der Waals surface area (Å²) in [6, 6.07) is 14.1. The van der Waals surface area contributed by atoms with Gasteiger partial charge in [0.2, 0.25) is 11.6 Å². The first kappa shape index (κ1) is 25.4. The number of nitrogens with two attached hydrogens (primary N) is 1. The van der Waals surface area contributed by atoms with Gasteiger partial charge in [0.15, 0.2) is 0 Å². The largest absolute Gasteiger partial charge is 0.491 e. The summed E-state index contributed by atoms with van der Waals surface area (Å²) >= 11 is 13.3. The van der Waals surface area contributed by atoms with Crippen molar-refractivity contribution in [1.29, 1.82) is 5.26 Å². The Morgan fingerprint density at radius 1 is 1.14 bits per heavy atom. The number of aliphatic hydroxyl groups excluding tert-OH is 1. The highest BCUT2D eigenvalue weighted by Crippen LogP contribution is 2.42. The molecule has 0 unspecified atom stereocenters. The highest BCUT2D eigenvalue weighted by molar-refractivity contribution is 7.98. The molecule has 0 saturated heterocycles. The average Bonchev–Trinajstić information content (AvgIpc) is 3.37. The lowest BCUT2D eigenvalue weighted by Gasteiger charge is -2.13. The fraction of sp³-hybridized carbons (Fsp3) is 0.120. The Bertz CT molecular complexity index is 1490. The summed E-state index contributed by atoms with van der Waals surface area (Å²) in [7, 11) is 0. The van der Waals surface area contributed by atoms with Crippen LogP contribution in [0.3, 0.4) is 0 Å². The molecule has 0 spiro atoms. The molecule has 180 valence electrons. The van der Waals surface area contributed by atoms with Gasteiger partial charge in [0.05, 0.1) is 34.5 Å². The minimum Gasteiger partial charge on any atom is -0.491 e. The average molecular weight is 538 g/mol. The normalized spacial score (nSPS) is 10.6. The molecule has 0 saturated carbocycles. The van der Waals surface area contributed by atoms with Crippen molar-refractivity contribution in [2.45, 2.75) is 10.8 Å². The van der Waals surface area contributed by atoms with Crippen LogP contribution in [0, 0.1) is 17.9 Å². The molecular formula is C25H17Cl2N5O3S. The summed E-state index contributed by atoms with van der Waals surface area (Å²) in [6.45, 7) is 7.65. The third-order valence-electron chi connectivity index (χ3n) is 4.97. The van der Waals surface area contributed by atoms with Gasteiger partial charge in [-0.25, -0.2) is 14.8 Å². The summed E-state index contributed by atoms with van der Waals surface area (Å²) in [6.07, 6.45) is 1.51. The molecule has 11 heteroatoms. The third kappa shape index (κ3) is 5.40. The SMILES string of the molecule is [C-]#[N+]c1c(N)nc(SCc2coc(-c3ccc(Cl)c(Cl)c3)n2)c(C#N)c1-c1ccc(OCCO)cc1. The van der Waals surface area contributed by atoms with Gasteiger partial charge in [-0.3, -0.25) is 0 Å². The van der Waals surface area contributed by atoms with Gasteiger partial charge in [0.1, 0.15) is 35.5 Å². The van der Waals surface area contributed by atoms with E-state index in [1.165, 1.54) is 18.0 Å². The number of halogens is 2. The Morgan fingerprint density at radius 2 is 1.89 bits per heavy atom. The molecular weight excluding hydrogens is 521 g/mol. The molecule has 2 aromatic carbocycles. The zero-order chi connectivity index (χ0) is 25.7. The molecule has 36 heavy (non-hydrogen) atoms. The maximum atomic E-state index is 9.98. The number of nitriles is 1. The number of hydrogen-bond acceptors (Lipinski definition) is 8. The molecule has 2 heterocycles. The molecule has 0 aliphatic heterocycles. The highest BCUT2D eigenvalue weighted by Gasteiger charge is 2.21. The topological polar surface area (TPSA) is 123 Å². The van der Waals surface area contributed by atoms with E-state index in [1.807, 2.05) is 0 Å². The second kappa shape index (κ2) is 11.3. The predicted octanol–water partition coefficient (Wildman–Crippen LogP) is 6.38. The number of hydrogen-bond donors (Lipinski definition) is 2. The molecule has 4 aromatic rings. The van der Waals surface area contributed by atoms with Crippen molar-refractivity contribution < 1.29 is 14.3 Å². The second-order valence-electron chi connectivity index (χ2n) is 7.28. The van der Waals surface area contributed by atoms with Crippen molar-refractivity contribution in [2.75, 3.05) is 18.9 Å². The summed E-state index contributed by atoms with van der Waals surface area (Å²) in [4.78, 5) is 12.3. The molecule has 0 bridgehead atoms. The van der Waals surface area contributed by atoms with Crippen LogP contribution in [0.2, 0.25) is 10.0 Å². The molecule has 2 aromatic heterocycles. The summed E-state index contributed by atoms with van der Waals surface area (Å²) < 4.78 is 11.0. The summed E-state index contributed by atoms with van der Waals surface area (Å²) in [5.41, 5.74) is 8.75. The van der Waals surface area contributed by atoms with E-state index in [1.54, 1.807) is 42.5 Å². The van der Waals surface area contributed by atoms with Gasteiger partial charge in [0.25, 0.3) is 0 Å². The van der Waals surface area contributed by atoms with Gasteiger partial charge in [-0.15, -0.1) is 0 Å². The fourth-order valence-corrected chi connectivity index (χ4v) is 4.50. The van der Waals surface area contributed by atoms with Crippen LogP contribution in [0.25, 0.3) is 27.4 Å². The molecule has 0 aliphatic rings. The number of benzene rings is 2. The number of thioether (sulfide) groups is 1. The number of ether oxygens (including phenoxy) is 1. The molecule has 0 fully saturated rings. The number of aliphatic hydroxyl groups is 1. The molecule has 4 rings (SSSR count). The number of anilines is 1. The van der Waals surface area contributed by atoms with E-state index >= 15 is 0 Å². The van der Waals surface area contributed by atoms with E-state index < -0.39 is 0 Å². The number of rotatable bonds is 8. The maximum Gasteiger partial charge on any atom is 0.236 e. The first-order chi connectivity index (χ1) is 17.4. The van der Waals surface area contributed by atoms with E-state index in [9.17, 15) is 5.26 Å². The van der Waals surface area contributed by atoms with Crippen LogP contribution >= 0.6 is 35.0 Å². The van der Waals surface area contributed by atoms with Crippen LogP contribution in [0.1, 0.15) is 11.3 Å². The molecule has 0 radical (unpaired) electrons. The van der Waals surface area contributed by atoms with Gasteiger partial charge >= 0.3 is 0 Å². The Morgan fingerprint density at radius 3 is 2.56 bits per heavy atom. The molecule has 8 nitrogen and oxygen atoms in total. The Labute approximate surface area is 221 Å². The Kier molecular flexibility index (Phi) is 7.99. The predicted molar refractivity (Wildman–Crippen MR) is 139 cm³/mol. The quantitative estimate of drug-likeness (QED) is 0.196. The molecule has 0 aliphatic carbocycles. The number of pyridine rings is 1. The van der Waals surface area contributed by atoms with Crippen LogP contribution in [0.4, 0.5) is 11.5 Å². The zero-order valence-corrected chi connectivity index (χ0v) is 20.9. The van der Waals surface area contributed by atoms with Gasteiger partial charge < -0.3 is 20.0 Å². The van der Waals surface area contributed by atoms with Crippen LogP contribution in [-0.4, -0.2) is 28.3 Å². The minimum absolute atomic E-state index is 0.0266. The number of aromatic nitrogens is 2. The van der Waals surface area contributed by atoms with Crippen LogP contribution in [0.5, 0.6) is 5.75 Å². The molecule has 0 amide bonds. The van der Waals surface area contributed by atoms with Gasteiger partial charge in [-0.1, -0.05) is 47.1 Å². The summed E-state index contributed by atoms with van der Waals surface area (Å²) in [5, 5.41) is 20.1. The van der Waals surface area contributed by atoms with E-state index in [0.29, 0.717) is 54.8 Å². The van der Waals surface area contributed by atoms with Crippen molar-refractivity contribution in [3.05, 3.63) is 81.4 Å². The fourth-order valence-electron chi connectivity index (χ4n) is 3.33. The van der Waals surface area contributed by atoms with Gasteiger partial charge in [-0.2, -0.15) is 5.26 Å². The lowest BCUT2D eigenvalue weighted by Crippen LogP contribution is -2.02. The number of oxazole rings is 1. The monoisotopic (exact) mass is 537 g/mol. The van der Waals surface area contributed by atoms with Crippen molar-refractivity contribution in [2.24, 2.45) is 0 Å². The van der Waals surface area contributed by atoms with Crippen molar-refractivity contribution in [3.63, 3.8) is 0 Å². The standard InChI is InChI=1S/C25H17Cl2N5O3S/c1-30-22-21(14-2-5-17(6-3-14)34-9-8-33)18(11-28)25(32-23(22)29)36-13-16-12-35-24(31-16)15-4-7-19(26)20(27)10-15/h2-7,10,12,33H,8-9,13H2,(H2,29,32). The van der Waals surface area contributed by atoms with Gasteiger partial charge in [0, 0.05) is 16.9 Å². The Hall–Kier alpha value is -3.73.